The van der Waals surface area contributed by atoms with Crippen LogP contribution in [0.1, 0.15) is 91.7 Å². The van der Waals surface area contributed by atoms with E-state index in [4.69, 9.17) is 14.5 Å². The highest BCUT2D eigenvalue weighted by Gasteiger charge is 2.38. The van der Waals surface area contributed by atoms with Gasteiger partial charge in [0.25, 0.3) is 5.91 Å². The normalized spacial score (nSPS) is 16.7. The fourth-order valence-corrected chi connectivity index (χ4v) is 8.12. The molecule has 7 rings (SSSR count). The summed E-state index contributed by atoms with van der Waals surface area (Å²) in [6.45, 7) is 6.93. The number of amides is 4. The Hall–Kier alpha value is -7.32. The topological polar surface area (TPSA) is 175 Å². The van der Waals surface area contributed by atoms with Crippen LogP contribution in [0.4, 0.5) is 9.59 Å². The Kier molecular flexibility index (Phi) is 13.4. The van der Waals surface area contributed by atoms with Crippen LogP contribution in [-0.2, 0) is 19.1 Å². The lowest BCUT2D eigenvalue weighted by atomic mass is 9.94. The third kappa shape index (κ3) is 9.50. The van der Waals surface area contributed by atoms with E-state index in [0.29, 0.717) is 42.4 Å². The molecule has 3 unspecified atom stereocenters. The zero-order valence-electron chi connectivity index (χ0n) is 35.5. The Labute approximate surface area is 361 Å². The van der Waals surface area contributed by atoms with Crippen LogP contribution in [0.2, 0.25) is 0 Å². The molecule has 4 N–H and O–H groups in total. The summed E-state index contributed by atoms with van der Waals surface area (Å²) >= 11 is 0. The number of benzene rings is 3. The van der Waals surface area contributed by atoms with Crippen molar-refractivity contribution in [3.63, 3.8) is 0 Å². The number of aromatic amines is 2. The van der Waals surface area contributed by atoms with E-state index in [0.717, 1.165) is 52.8 Å². The molecule has 4 atom stereocenters. The number of H-pyrrole nitrogens is 2. The number of ether oxygens (including phenoxy) is 2. The van der Waals surface area contributed by atoms with E-state index in [1.165, 1.54) is 14.2 Å². The fraction of sp³-hybridized carbons (Fsp3) is 0.333. The number of alkyl carbamates (subject to hydrolysis) is 2. The molecule has 2 aliphatic heterocycles. The van der Waals surface area contributed by atoms with Gasteiger partial charge in [-0.1, -0.05) is 80.4 Å². The van der Waals surface area contributed by atoms with Gasteiger partial charge in [-0.25, -0.2) is 19.6 Å². The molecule has 14 heteroatoms. The van der Waals surface area contributed by atoms with Crippen molar-refractivity contribution in [2.75, 3.05) is 27.3 Å². The zero-order valence-corrected chi connectivity index (χ0v) is 35.5. The van der Waals surface area contributed by atoms with Crippen molar-refractivity contribution in [2.24, 2.45) is 5.92 Å². The Morgan fingerprint density at radius 2 is 1.37 bits per heavy atom. The number of nitrogens with one attached hydrogen (secondary N) is 4. The first-order valence-corrected chi connectivity index (χ1v) is 20.7. The number of hydrogen-bond acceptors (Lipinski definition) is 8. The van der Waals surface area contributed by atoms with Crippen molar-refractivity contribution in [3.05, 3.63) is 119 Å². The number of nitrogens with zero attached hydrogens (tertiary/aromatic N) is 4. The van der Waals surface area contributed by atoms with Crippen molar-refractivity contribution < 1.29 is 28.7 Å². The van der Waals surface area contributed by atoms with E-state index in [2.05, 4.69) is 74.4 Å². The minimum Gasteiger partial charge on any atom is -0.453 e. The summed E-state index contributed by atoms with van der Waals surface area (Å²) in [6, 6.07) is 21.1. The van der Waals surface area contributed by atoms with Gasteiger partial charge in [-0.15, -0.1) is 0 Å². The number of rotatable bonds is 10. The molecule has 0 spiro atoms. The number of aryl methyl sites for hydroxylation is 1. The summed E-state index contributed by atoms with van der Waals surface area (Å²) in [5.41, 5.74) is 6.77. The van der Waals surface area contributed by atoms with Crippen molar-refractivity contribution in [3.8, 4) is 46.1 Å². The van der Waals surface area contributed by atoms with Gasteiger partial charge in [-0.3, -0.25) is 9.59 Å². The molecule has 5 aromatic rings. The van der Waals surface area contributed by atoms with E-state index < -0.39 is 24.3 Å². The van der Waals surface area contributed by atoms with E-state index in [1.54, 1.807) is 34.3 Å². The molecule has 4 amide bonds. The summed E-state index contributed by atoms with van der Waals surface area (Å²) in [4.78, 5) is 71.5. The third-order valence-electron chi connectivity index (χ3n) is 11.3. The van der Waals surface area contributed by atoms with Crippen LogP contribution >= 0.6 is 0 Å². The van der Waals surface area contributed by atoms with E-state index in [1.807, 2.05) is 56.3 Å². The lowest BCUT2D eigenvalue weighted by molar-refractivity contribution is -0.135. The second-order valence-corrected chi connectivity index (χ2v) is 15.7. The molecule has 2 saturated heterocycles. The summed E-state index contributed by atoms with van der Waals surface area (Å²) in [7, 11) is 2.55. The number of methoxy groups -OCH3 is 2. The lowest BCUT2D eigenvalue weighted by Gasteiger charge is -2.30. The van der Waals surface area contributed by atoms with Crippen LogP contribution in [0.15, 0.2) is 85.2 Å². The molecule has 2 aromatic heterocycles. The van der Waals surface area contributed by atoms with Crippen LogP contribution in [-0.4, -0.2) is 87.1 Å². The molecule has 0 saturated carbocycles. The number of aromatic nitrogens is 4. The predicted molar refractivity (Wildman–Crippen MR) is 233 cm³/mol. The lowest BCUT2D eigenvalue weighted by Crippen LogP contribution is -2.51. The summed E-state index contributed by atoms with van der Waals surface area (Å²) in [5.74, 6) is 13.1. The first kappa shape index (κ1) is 42.8. The zero-order chi connectivity index (χ0) is 43.8. The average Bonchev–Trinajstić information content (AvgIpc) is 4.14. The molecule has 62 heavy (non-hydrogen) atoms. The molecule has 0 aliphatic carbocycles. The standard InChI is InChI=1S/C48H50N8O6/c1-30(2)41(53-47(59)61-4)45(57)55-25-14-22-40(55)44-50-29-38(52-44)34-24-23-32(37(27-34)36-20-12-9-15-31(36)3)16-10-11-19-35-28-49-43(51-35)39-21-13-26-56(39)46(58)42(54-48(60)62-5)33-17-7-6-8-18-33/h6-9,12,15,17-18,20,23-24,27-30,39-42H,13-14,21-22,25-26H2,1-5H3,(H,49,51)(H,50,52)(H,53,59)(H,54,60)/t39?,40?,41-,42?/m0/s1. The molecular formula is C48H50N8O6. The molecule has 4 heterocycles. The van der Waals surface area contributed by atoms with E-state index >= 15 is 0 Å². The Morgan fingerprint density at radius 3 is 2.06 bits per heavy atom. The Bertz CT molecular complexity index is 2560. The minimum atomic E-state index is -0.911. The SMILES string of the molecule is COC(=O)NC(C(=O)N1CCCC1c1ncc(C#CC#Cc2ccc(-c3cnc(C4CCCN4C(=O)[C@@H](NC(=O)OC)C(C)C)[nH]3)cc2-c2ccccc2C)[nH]1)c1ccccc1. The largest absolute Gasteiger partial charge is 0.453 e. The van der Waals surface area contributed by atoms with Crippen LogP contribution in [0.3, 0.4) is 0 Å². The van der Waals surface area contributed by atoms with Crippen LogP contribution < -0.4 is 10.6 Å². The van der Waals surface area contributed by atoms with Crippen LogP contribution in [0.5, 0.6) is 0 Å². The molecule has 318 valence electrons. The Morgan fingerprint density at radius 1 is 0.742 bits per heavy atom. The van der Waals surface area contributed by atoms with Crippen molar-refractivity contribution in [1.29, 1.82) is 0 Å². The molecular weight excluding hydrogens is 785 g/mol. The van der Waals surface area contributed by atoms with Gasteiger partial charge in [0.1, 0.15) is 29.4 Å². The maximum Gasteiger partial charge on any atom is 0.407 e. The minimum absolute atomic E-state index is 0.133. The summed E-state index contributed by atoms with van der Waals surface area (Å²) < 4.78 is 9.60. The molecule has 14 nitrogen and oxygen atoms in total. The van der Waals surface area contributed by atoms with Crippen LogP contribution in [0.25, 0.3) is 22.4 Å². The second kappa shape index (κ2) is 19.4. The highest BCUT2D eigenvalue weighted by molar-refractivity contribution is 5.88. The van der Waals surface area contributed by atoms with Gasteiger partial charge >= 0.3 is 12.2 Å². The fourth-order valence-electron chi connectivity index (χ4n) is 8.12. The number of likely N-dealkylation sites (tertiary alicyclic amines) is 2. The first-order valence-electron chi connectivity index (χ1n) is 20.7. The van der Waals surface area contributed by atoms with Crippen LogP contribution in [0, 0.1) is 36.5 Å². The maximum atomic E-state index is 13.9. The van der Waals surface area contributed by atoms with Gasteiger partial charge in [0, 0.05) is 24.2 Å². The monoisotopic (exact) mass is 834 g/mol. The maximum absolute atomic E-state index is 13.9. The third-order valence-corrected chi connectivity index (χ3v) is 11.3. The van der Waals surface area contributed by atoms with Crippen molar-refractivity contribution in [1.82, 2.24) is 40.4 Å². The molecule has 2 fully saturated rings. The Balaban J connectivity index is 1.10. The second-order valence-electron chi connectivity index (χ2n) is 15.7. The number of imidazole rings is 2. The van der Waals surface area contributed by atoms with Gasteiger partial charge in [0.05, 0.1) is 44.4 Å². The van der Waals surface area contributed by atoms with Crippen molar-refractivity contribution in [2.45, 2.75) is 70.6 Å². The molecule has 3 aromatic carbocycles. The van der Waals surface area contributed by atoms with Gasteiger partial charge in [-0.2, -0.15) is 0 Å². The van der Waals surface area contributed by atoms with Gasteiger partial charge in [0.2, 0.25) is 5.91 Å². The van der Waals surface area contributed by atoms with E-state index in [-0.39, 0.29) is 29.8 Å². The summed E-state index contributed by atoms with van der Waals surface area (Å²) in [6.07, 6.45) is 5.15. The number of carbonyl (C=O) groups is 4. The highest BCUT2D eigenvalue weighted by Crippen LogP contribution is 2.36. The van der Waals surface area contributed by atoms with Gasteiger partial charge < -0.3 is 39.9 Å². The molecule has 2 aliphatic rings. The first-order chi connectivity index (χ1) is 30.1. The predicted octanol–water partition coefficient (Wildman–Crippen LogP) is 6.98. The number of hydrogen-bond donors (Lipinski definition) is 4. The molecule has 0 bridgehead atoms. The quantitative estimate of drug-likeness (QED) is 0.109. The van der Waals surface area contributed by atoms with Gasteiger partial charge in [0.15, 0.2) is 0 Å². The summed E-state index contributed by atoms with van der Waals surface area (Å²) in [5, 5.41) is 5.39. The average molecular weight is 835 g/mol. The van der Waals surface area contributed by atoms with Gasteiger partial charge in [-0.05, 0) is 90.7 Å². The molecule has 0 radical (unpaired) electrons. The number of carbonyl (C=O) groups excluding carboxylic acids is 4. The smallest absolute Gasteiger partial charge is 0.407 e. The highest BCUT2D eigenvalue weighted by atomic mass is 16.5. The van der Waals surface area contributed by atoms with E-state index in [9.17, 15) is 19.2 Å². The van der Waals surface area contributed by atoms with Crippen molar-refractivity contribution >= 4 is 24.0 Å².